The van der Waals surface area contributed by atoms with E-state index in [0.717, 1.165) is 5.56 Å². The number of hydrogen-bond acceptors (Lipinski definition) is 5. The average Bonchev–Trinajstić information content (AvgIpc) is 2.59. The number of nitrogens with zero attached hydrogens (tertiary/aromatic N) is 1. The van der Waals surface area contributed by atoms with Crippen molar-refractivity contribution in [3.8, 4) is 11.5 Å². The van der Waals surface area contributed by atoms with Gasteiger partial charge in [0.2, 0.25) is 5.75 Å². The van der Waals surface area contributed by atoms with E-state index < -0.39 is 10.9 Å². The van der Waals surface area contributed by atoms with Gasteiger partial charge in [-0.05, 0) is 30.2 Å². The number of rotatable bonds is 6. The summed E-state index contributed by atoms with van der Waals surface area (Å²) in [6.45, 7) is 1.89. The van der Waals surface area contributed by atoms with E-state index in [1.165, 1.54) is 32.4 Å². The summed E-state index contributed by atoms with van der Waals surface area (Å²) < 4.78 is 10.2. The van der Waals surface area contributed by atoms with Crippen LogP contribution in [0.15, 0.2) is 36.4 Å². The molecule has 0 aliphatic carbocycles. The molecule has 2 rings (SSSR count). The third-order valence-corrected chi connectivity index (χ3v) is 3.58. The Morgan fingerprint density at radius 3 is 2.28 bits per heavy atom. The van der Waals surface area contributed by atoms with E-state index >= 15 is 0 Å². The van der Waals surface area contributed by atoms with E-state index in [0.29, 0.717) is 11.1 Å². The van der Waals surface area contributed by atoms with Gasteiger partial charge in [0, 0.05) is 6.07 Å². The molecule has 0 saturated heterocycles. The van der Waals surface area contributed by atoms with Crippen molar-refractivity contribution in [1.29, 1.82) is 0 Å². The number of carboxylic acid groups (broad SMARTS) is 1. The third kappa shape index (κ3) is 3.95. The summed E-state index contributed by atoms with van der Waals surface area (Å²) in [6.07, 6.45) is 1.36. The van der Waals surface area contributed by atoms with E-state index in [1.807, 2.05) is 6.92 Å². The Labute approximate surface area is 144 Å². The number of aliphatic carboxylic acids is 1. The lowest BCUT2D eigenvalue weighted by Crippen LogP contribution is -2.01. The maximum atomic E-state index is 11.6. The highest BCUT2D eigenvalue weighted by atomic mass is 16.6. The van der Waals surface area contributed by atoms with Crippen LogP contribution in [0.3, 0.4) is 0 Å². The Kier molecular flexibility index (Phi) is 5.38. The zero-order valence-electron chi connectivity index (χ0n) is 14.0. The van der Waals surface area contributed by atoms with Crippen LogP contribution in [0, 0.1) is 17.0 Å². The van der Waals surface area contributed by atoms with Gasteiger partial charge in [-0.1, -0.05) is 29.8 Å². The van der Waals surface area contributed by atoms with Crippen molar-refractivity contribution in [2.45, 2.75) is 6.92 Å². The molecule has 0 aliphatic rings. The summed E-state index contributed by atoms with van der Waals surface area (Å²) in [7, 11) is 2.66. The summed E-state index contributed by atoms with van der Waals surface area (Å²) in [4.78, 5) is 22.3. The molecule has 0 unspecified atom stereocenters. The summed E-state index contributed by atoms with van der Waals surface area (Å²) in [5, 5.41) is 20.8. The lowest BCUT2D eigenvalue weighted by atomic mass is 10.0. The zero-order valence-corrected chi connectivity index (χ0v) is 14.0. The Hall–Kier alpha value is -3.35. The topological polar surface area (TPSA) is 98.9 Å². The molecule has 7 heteroatoms. The molecule has 0 atom stereocenters. The van der Waals surface area contributed by atoms with Crippen molar-refractivity contribution in [2.75, 3.05) is 14.2 Å². The van der Waals surface area contributed by atoms with Crippen molar-refractivity contribution in [2.24, 2.45) is 0 Å². The summed E-state index contributed by atoms with van der Waals surface area (Å²) >= 11 is 0. The van der Waals surface area contributed by atoms with Crippen molar-refractivity contribution < 1.29 is 24.3 Å². The zero-order chi connectivity index (χ0) is 18.6. The van der Waals surface area contributed by atoms with E-state index in [2.05, 4.69) is 0 Å². The van der Waals surface area contributed by atoms with Crippen LogP contribution in [0.4, 0.5) is 5.69 Å². The van der Waals surface area contributed by atoms with Crippen LogP contribution in [0.25, 0.3) is 11.6 Å². The van der Waals surface area contributed by atoms with Gasteiger partial charge in [-0.15, -0.1) is 0 Å². The lowest BCUT2D eigenvalue weighted by Gasteiger charge is -2.10. The van der Waals surface area contributed by atoms with E-state index in [-0.39, 0.29) is 22.8 Å². The molecule has 1 N–H and O–H groups in total. The highest BCUT2D eigenvalue weighted by Crippen LogP contribution is 2.38. The Balaban J connectivity index is 2.63. The van der Waals surface area contributed by atoms with Crippen molar-refractivity contribution >= 4 is 23.3 Å². The minimum absolute atomic E-state index is 0.0153. The lowest BCUT2D eigenvalue weighted by molar-refractivity contribution is -0.385. The van der Waals surface area contributed by atoms with E-state index in [9.17, 15) is 20.0 Å². The minimum Gasteiger partial charge on any atom is -0.493 e. The van der Waals surface area contributed by atoms with Crippen LogP contribution >= 0.6 is 0 Å². The molecule has 0 aromatic heterocycles. The van der Waals surface area contributed by atoms with Crippen LogP contribution in [-0.4, -0.2) is 30.2 Å². The van der Waals surface area contributed by atoms with Gasteiger partial charge in [0.15, 0.2) is 5.75 Å². The quantitative estimate of drug-likeness (QED) is 0.373. The van der Waals surface area contributed by atoms with E-state index in [4.69, 9.17) is 9.47 Å². The predicted octanol–water partition coefficient (Wildman–Crippen LogP) is 3.55. The first-order valence-electron chi connectivity index (χ1n) is 7.29. The van der Waals surface area contributed by atoms with Gasteiger partial charge in [0.1, 0.15) is 0 Å². The molecule has 130 valence electrons. The highest BCUT2D eigenvalue weighted by Gasteiger charge is 2.22. The average molecular weight is 343 g/mol. The Bertz CT molecular complexity index is 839. The molecular formula is C18H17NO6. The molecule has 7 nitrogen and oxygen atoms in total. The minimum atomic E-state index is -1.14. The normalized spacial score (nSPS) is 11.1. The molecule has 0 heterocycles. The van der Waals surface area contributed by atoms with Gasteiger partial charge in [-0.2, -0.15) is 0 Å². The van der Waals surface area contributed by atoms with Crippen LogP contribution in [0.2, 0.25) is 0 Å². The number of ether oxygens (including phenoxy) is 2. The summed E-state index contributed by atoms with van der Waals surface area (Å²) in [5.74, 6) is -1.00. The van der Waals surface area contributed by atoms with Crippen LogP contribution in [0.5, 0.6) is 11.5 Å². The number of nitro groups is 1. The molecule has 0 fully saturated rings. The van der Waals surface area contributed by atoms with Crippen molar-refractivity contribution in [1.82, 2.24) is 0 Å². The number of carbonyl (C=O) groups is 1. The number of nitro benzene ring substituents is 1. The van der Waals surface area contributed by atoms with Crippen LogP contribution in [0.1, 0.15) is 16.7 Å². The third-order valence-electron chi connectivity index (χ3n) is 3.58. The standard InChI is InChI=1S/C18H17NO6/c1-11-4-6-13(7-5-11)14(18(20)21)8-12-9-15(19(22)23)17(25-3)16(10-12)24-2/h4-10H,1-3H3,(H,20,21)/b14-8-. The summed E-state index contributed by atoms with van der Waals surface area (Å²) in [5.41, 5.74) is 1.52. The highest BCUT2D eigenvalue weighted by molar-refractivity contribution is 6.20. The predicted molar refractivity (Wildman–Crippen MR) is 92.9 cm³/mol. The van der Waals surface area contributed by atoms with Gasteiger partial charge in [0.25, 0.3) is 0 Å². The number of carboxylic acids is 1. The number of hydrogen-bond donors (Lipinski definition) is 1. The maximum Gasteiger partial charge on any atom is 0.336 e. The fourth-order valence-corrected chi connectivity index (χ4v) is 2.35. The first-order chi connectivity index (χ1) is 11.9. The monoisotopic (exact) mass is 343 g/mol. The van der Waals surface area contributed by atoms with E-state index in [1.54, 1.807) is 24.3 Å². The van der Waals surface area contributed by atoms with Gasteiger partial charge >= 0.3 is 11.7 Å². The molecule has 0 amide bonds. The molecule has 2 aromatic carbocycles. The molecule has 0 spiro atoms. The maximum absolute atomic E-state index is 11.6. The largest absolute Gasteiger partial charge is 0.493 e. The Morgan fingerprint density at radius 1 is 1.16 bits per heavy atom. The van der Waals surface area contributed by atoms with Crippen molar-refractivity contribution in [3.05, 3.63) is 63.2 Å². The molecular weight excluding hydrogens is 326 g/mol. The number of methoxy groups -OCH3 is 2. The second kappa shape index (κ2) is 7.48. The molecule has 25 heavy (non-hydrogen) atoms. The number of benzene rings is 2. The second-order valence-electron chi connectivity index (χ2n) is 5.26. The number of aryl methyl sites for hydroxylation is 1. The van der Waals surface area contributed by atoms with Crippen molar-refractivity contribution in [3.63, 3.8) is 0 Å². The smallest absolute Gasteiger partial charge is 0.336 e. The molecule has 0 saturated carbocycles. The Morgan fingerprint density at radius 2 is 1.80 bits per heavy atom. The fraction of sp³-hybridized carbons (Fsp3) is 0.167. The SMILES string of the molecule is COc1cc(/C=C(\C(=O)O)c2ccc(C)cc2)cc([N+](=O)[O-])c1OC. The molecule has 0 aliphatic heterocycles. The van der Waals surface area contributed by atoms with Crippen LogP contribution in [-0.2, 0) is 4.79 Å². The van der Waals surface area contributed by atoms with Gasteiger partial charge in [-0.3, -0.25) is 10.1 Å². The first kappa shape index (κ1) is 18.0. The van der Waals surface area contributed by atoms with Gasteiger partial charge in [-0.25, -0.2) is 4.79 Å². The molecule has 0 bridgehead atoms. The first-order valence-corrected chi connectivity index (χ1v) is 7.29. The van der Waals surface area contributed by atoms with Gasteiger partial charge in [0.05, 0.1) is 24.7 Å². The molecule has 0 radical (unpaired) electrons. The molecule has 2 aromatic rings. The fourth-order valence-electron chi connectivity index (χ4n) is 2.35. The van der Waals surface area contributed by atoms with Crippen LogP contribution < -0.4 is 9.47 Å². The van der Waals surface area contributed by atoms with Gasteiger partial charge < -0.3 is 14.6 Å². The second-order valence-corrected chi connectivity index (χ2v) is 5.26. The summed E-state index contributed by atoms with van der Waals surface area (Å²) in [6, 6.07) is 9.70.